The van der Waals surface area contributed by atoms with Gasteiger partial charge in [-0.05, 0) is 50.9 Å². The van der Waals surface area contributed by atoms with Crippen molar-refractivity contribution in [1.82, 2.24) is 15.2 Å². The van der Waals surface area contributed by atoms with Crippen LogP contribution >= 0.6 is 0 Å². The Morgan fingerprint density at radius 1 is 1.18 bits per heavy atom. The van der Waals surface area contributed by atoms with E-state index in [0.717, 1.165) is 18.3 Å². The van der Waals surface area contributed by atoms with Crippen molar-refractivity contribution in [3.63, 3.8) is 0 Å². The molecule has 1 N–H and O–H groups in total. The normalized spacial score (nSPS) is 22.8. The van der Waals surface area contributed by atoms with E-state index in [1.165, 1.54) is 38.8 Å². The molecule has 17 heavy (non-hydrogen) atoms. The summed E-state index contributed by atoms with van der Waals surface area (Å²) in [5, 5.41) is 3.63. The third-order valence-electron chi connectivity index (χ3n) is 3.89. The highest BCUT2D eigenvalue weighted by molar-refractivity contribution is 5.03. The number of hydrogen-bond acceptors (Lipinski definition) is 3. The summed E-state index contributed by atoms with van der Waals surface area (Å²) in [6, 6.07) is 7.74. The maximum Gasteiger partial charge on any atom is 0.0541 e. The number of hydrogen-bond donors (Lipinski definition) is 1. The molecule has 92 valence electrons. The minimum absolute atomic E-state index is 0.687. The zero-order valence-corrected chi connectivity index (χ0v) is 10.3. The molecular weight excluding hydrogens is 210 g/mol. The van der Waals surface area contributed by atoms with E-state index in [9.17, 15) is 0 Å². The molecule has 2 heterocycles. The van der Waals surface area contributed by atoms with Gasteiger partial charge in [0.1, 0.15) is 0 Å². The van der Waals surface area contributed by atoms with E-state index < -0.39 is 0 Å². The highest BCUT2D eigenvalue weighted by atomic mass is 15.2. The van der Waals surface area contributed by atoms with E-state index in [2.05, 4.69) is 27.3 Å². The third-order valence-corrected chi connectivity index (χ3v) is 3.89. The van der Waals surface area contributed by atoms with Gasteiger partial charge in [0.05, 0.1) is 5.69 Å². The summed E-state index contributed by atoms with van der Waals surface area (Å²) < 4.78 is 0. The molecule has 0 amide bonds. The zero-order chi connectivity index (χ0) is 11.5. The summed E-state index contributed by atoms with van der Waals surface area (Å²) in [7, 11) is 0. The van der Waals surface area contributed by atoms with Gasteiger partial charge in [0.15, 0.2) is 0 Å². The monoisotopic (exact) mass is 231 g/mol. The SMILES string of the molecule is c1ccc(CNC2CCN(C3CC3)CC2)nc1. The number of piperidine rings is 1. The van der Waals surface area contributed by atoms with Crippen molar-refractivity contribution >= 4 is 0 Å². The molecule has 3 nitrogen and oxygen atoms in total. The molecule has 2 fully saturated rings. The topological polar surface area (TPSA) is 28.2 Å². The highest BCUT2D eigenvalue weighted by Crippen LogP contribution is 2.29. The van der Waals surface area contributed by atoms with Crippen LogP contribution in [0, 0.1) is 0 Å². The average molecular weight is 231 g/mol. The van der Waals surface area contributed by atoms with Crippen LogP contribution in [0.15, 0.2) is 24.4 Å². The Bertz CT molecular complexity index is 340. The Morgan fingerprint density at radius 3 is 2.65 bits per heavy atom. The molecule has 0 atom stereocenters. The summed E-state index contributed by atoms with van der Waals surface area (Å²) in [5.74, 6) is 0. The number of likely N-dealkylation sites (tertiary alicyclic amines) is 1. The molecule has 0 bridgehead atoms. The maximum absolute atomic E-state index is 4.34. The Labute approximate surface area is 103 Å². The van der Waals surface area contributed by atoms with E-state index in [1.807, 2.05) is 12.3 Å². The molecule has 3 heteroatoms. The first kappa shape index (κ1) is 11.2. The maximum atomic E-state index is 4.34. The van der Waals surface area contributed by atoms with E-state index in [1.54, 1.807) is 0 Å². The molecule has 3 rings (SSSR count). The van der Waals surface area contributed by atoms with Gasteiger partial charge in [0, 0.05) is 24.8 Å². The van der Waals surface area contributed by atoms with Gasteiger partial charge in [0.2, 0.25) is 0 Å². The van der Waals surface area contributed by atoms with Crippen molar-refractivity contribution in [3.05, 3.63) is 30.1 Å². The first-order chi connectivity index (χ1) is 8.42. The first-order valence-corrected chi connectivity index (χ1v) is 6.79. The lowest BCUT2D eigenvalue weighted by Crippen LogP contribution is -2.43. The first-order valence-electron chi connectivity index (χ1n) is 6.79. The van der Waals surface area contributed by atoms with Gasteiger partial charge in [-0.2, -0.15) is 0 Å². The quantitative estimate of drug-likeness (QED) is 0.856. The number of aromatic nitrogens is 1. The molecule has 1 aliphatic heterocycles. The smallest absolute Gasteiger partial charge is 0.0541 e. The van der Waals surface area contributed by atoms with Crippen LogP contribution in [-0.4, -0.2) is 35.1 Å². The van der Waals surface area contributed by atoms with Gasteiger partial charge in [0.25, 0.3) is 0 Å². The molecule has 1 aromatic rings. The van der Waals surface area contributed by atoms with Gasteiger partial charge in [-0.15, -0.1) is 0 Å². The Hall–Kier alpha value is -0.930. The molecule has 0 spiro atoms. The van der Waals surface area contributed by atoms with Crippen LogP contribution in [-0.2, 0) is 6.54 Å². The van der Waals surface area contributed by atoms with Crippen LogP contribution in [0.3, 0.4) is 0 Å². The molecule has 1 aromatic heterocycles. The van der Waals surface area contributed by atoms with Crippen molar-refractivity contribution < 1.29 is 0 Å². The zero-order valence-electron chi connectivity index (χ0n) is 10.3. The molecule has 1 saturated carbocycles. The van der Waals surface area contributed by atoms with Crippen LogP contribution < -0.4 is 5.32 Å². The molecule has 0 aromatic carbocycles. The number of pyridine rings is 1. The average Bonchev–Trinajstić information content (AvgIpc) is 3.23. The lowest BCUT2D eigenvalue weighted by atomic mass is 10.0. The molecule has 1 aliphatic carbocycles. The van der Waals surface area contributed by atoms with Gasteiger partial charge < -0.3 is 10.2 Å². The van der Waals surface area contributed by atoms with E-state index >= 15 is 0 Å². The fourth-order valence-corrected chi connectivity index (χ4v) is 2.66. The summed E-state index contributed by atoms with van der Waals surface area (Å²) in [6.07, 6.45) is 7.33. The Morgan fingerprint density at radius 2 is 2.00 bits per heavy atom. The molecular formula is C14H21N3. The van der Waals surface area contributed by atoms with Crippen molar-refractivity contribution in [2.24, 2.45) is 0 Å². The van der Waals surface area contributed by atoms with Crippen LogP contribution in [0.1, 0.15) is 31.4 Å². The highest BCUT2D eigenvalue weighted by Gasteiger charge is 2.31. The molecule has 1 saturated heterocycles. The molecule has 0 radical (unpaired) electrons. The Balaban J connectivity index is 1.41. The fraction of sp³-hybridized carbons (Fsp3) is 0.643. The number of nitrogens with zero attached hydrogens (tertiary/aromatic N) is 2. The fourth-order valence-electron chi connectivity index (χ4n) is 2.66. The third kappa shape index (κ3) is 3.05. The molecule has 0 unspecified atom stereocenters. The van der Waals surface area contributed by atoms with Gasteiger partial charge in [-0.25, -0.2) is 0 Å². The van der Waals surface area contributed by atoms with Crippen molar-refractivity contribution in [2.75, 3.05) is 13.1 Å². The number of nitrogens with one attached hydrogen (secondary N) is 1. The van der Waals surface area contributed by atoms with Gasteiger partial charge >= 0.3 is 0 Å². The summed E-state index contributed by atoms with van der Waals surface area (Å²) in [4.78, 5) is 7.01. The predicted octanol–water partition coefficient (Wildman–Crippen LogP) is 1.80. The second kappa shape index (κ2) is 5.15. The minimum atomic E-state index is 0.687. The lowest BCUT2D eigenvalue weighted by Gasteiger charge is -2.32. The van der Waals surface area contributed by atoms with Crippen LogP contribution in [0.4, 0.5) is 0 Å². The van der Waals surface area contributed by atoms with Gasteiger partial charge in [-0.1, -0.05) is 6.07 Å². The van der Waals surface area contributed by atoms with Crippen molar-refractivity contribution in [1.29, 1.82) is 0 Å². The van der Waals surface area contributed by atoms with Crippen LogP contribution in [0.2, 0.25) is 0 Å². The second-order valence-corrected chi connectivity index (χ2v) is 5.24. The lowest BCUT2D eigenvalue weighted by molar-refractivity contribution is 0.189. The van der Waals surface area contributed by atoms with Gasteiger partial charge in [-0.3, -0.25) is 4.98 Å². The Kier molecular flexibility index (Phi) is 3.39. The number of rotatable bonds is 4. The largest absolute Gasteiger partial charge is 0.308 e. The standard InChI is InChI=1S/C14H21N3/c1-2-8-15-13(3-1)11-16-12-6-9-17(10-7-12)14-4-5-14/h1-3,8,12,14,16H,4-7,9-11H2. The summed E-state index contributed by atoms with van der Waals surface area (Å²) in [6.45, 7) is 3.48. The van der Waals surface area contributed by atoms with E-state index in [-0.39, 0.29) is 0 Å². The van der Waals surface area contributed by atoms with Crippen molar-refractivity contribution in [3.8, 4) is 0 Å². The summed E-state index contributed by atoms with van der Waals surface area (Å²) in [5.41, 5.74) is 1.15. The van der Waals surface area contributed by atoms with Crippen LogP contribution in [0.5, 0.6) is 0 Å². The predicted molar refractivity (Wildman–Crippen MR) is 68.7 cm³/mol. The second-order valence-electron chi connectivity index (χ2n) is 5.24. The molecule has 2 aliphatic rings. The minimum Gasteiger partial charge on any atom is -0.308 e. The van der Waals surface area contributed by atoms with E-state index in [0.29, 0.717) is 6.04 Å². The van der Waals surface area contributed by atoms with Crippen LogP contribution in [0.25, 0.3) is 0 Å². The van der Waals surface area contributed by atoms with Crippen molar-refractivity contribution in [2.45, 2.75) is 44.3 Å². The van der Waals surface area contributed by atoms with E-state index in [4.69, 9.17) is 0 Å². The summed E-state index contributed by atoms with van der Waals surface area (Å²) >= 11 is 0.